The minimum atomic E-state index is -0.903. The van der Waals surface area contributed by atoms with E-state index in [2.05, 4.69) is 5.32 Å². The fourth-order valence-corrected chi connectivity index (χ4v) is 1.57. The van der Waals surface area contributed by atoms with E-state index in [-0.39, 0.29) is 22.7 Å². The predicted octanol–water partition coefficient (Wildman–Crippen LogP) is 1.70. The van der Waals surface area contributed by atoms with Gasteiger partial charge in [0.05, 0.1) is 5.56 Å². The van der Waals surface area contributed by atoms with Crippen LogP contribution in [-0.2, 0) is 9.53 Å². The van der Waals surface area contributed by atoms with Crippen LogP contribution in [0.4, 0.5) is 11.4 Å². The molecular weight excluding hydrogens is 270 g/mol. The maximum Gasteiger partial charge on any atom is 0.341 e. The van der Waals surface area contributed by atoms with Crippen molar-refractivity contribution in [1.82, 2.24) is 5.32 Å². The maximum atomic E-state index is 12.0. The van der Waals surface area contributed by atoms with Crippen molar-refractivity contribution in [2.75, 3.05) is 11.5 Å². The van der Waals surface area contributed by atoms with E-state index in [9.17, 15) is 9.59 Å². The van der Waals surface area contributed by atoms with E-state index in [1.807, 2.05) is 20.8 Å². The first-order valence-electron chi connectivity index (χ1n) is 6.84. The highest BCUT2D eigenvalue weighted by atomic mass is 16.5. The molecule has 0 radical (unpaired) electrons. The number of nitrogens with one attached hydrogen (secondary N) is 1. The Morgan fingerprint density at radius 2 is 1.95 bits per heavy atom. The lowest BCUT2D eigenvalue weighted by atomic mass is 10.0. The Balaban J connectivity index is 2.72. The van der Waals surface area contributed by atoms with E-state index in [1.54, 1.807) is 6.07 Å². The van der Waals surface area contributed by atoms with Gasteiger partial charge in [-0.2, -0.15) is 0 Å². The maximum absolute atomic E-state index is 12.0. The van der Waals surface area contributed by atoms with Crippen LogP contribution in [0.1, 0.15) is 44.5 Å². The molecular formula is C15H23N3O3. The summed E-state index contributed by atoms with van der Waals surface area (Å²) in [5, 5.41) is 2.82. The SMILES string of the molecule is CCC(C)(C)NC(=O)C(C)OC(=O)c1ccc(N)cc1N. The first kappa shape index (κ1) is 16.8. The van der Waals surface area contributed by atoms with Gasteiger partial charge >= 0.3 is 5.97 Å². The second kappa shape index (κ2) is 6.47. The molecule has 1 atom stereocenters. The molecule has 0 aliphatic carbocycles. The Morgan fingerprint density at radius 1 is 1.33 bits per heavy atom. The minimum Gasteiger partial charge on any atom is -0.449 e. The number of nitrogens with two attached hydrogens (primary N) is 2. The van der Waals surface area contributed by atoms with Gasteiger partial charge in [0, 0.05) is 16.9 Å². The Morgan fingerprint density at radius 3 is 2.48 bits per heavy atom. The van der Waals surface area contributed by atoms with Gasteiger partial charge in [0.15, 0.2) is 6.10 Å². The normalized spacial score (nSPS) is 12.6. The standard InChI is InChI=1S/C15H23N3O3/c1-5-15(3,4)18-13(19)9(2)21-14(20)11-7-6-10(16)8-12(11)17/h6-9H,5,16-17H2,1-4H3,(H,18,19). The topological polar surface area (TPSA) is 107 Å². The summed E-state index contributed by atoms with van der Waals surface area (Å²) in [4.78, 5) is 24.0. The lowest BCUT2D eigenvalue weighted by Crippen LogP contribution is -2.47. The van der Waals surface area contributed by atoms with E-state index in [0.717, 1.165) is 6.42 Å². The van der Waals surface area contributed by atoms with Crippen molar-refractivity contribution >= 4 is 23.3 Å². The Bertz CT molecular complexity index is 541. The molecule has 0 bridgehead atoms. The average molecular weight is 293 g/mol. The van der Waals surface area contributed by atoms with E-state index in [0.29, 0.717) is 5.69 Å². The van der Waals surface area contributed by atoms with Gasteiger partial charge in [-0.05, 0) is 45.4 Å². The highest BCUT2D eigenvalue weighted by Crippen LogP contribution is 2.17. The summed E-state index contributed by atoms with van der Waals surface area (Å²) in [6, 6.07) is 4.51. The lowest BCUT2D eigenvalue weighted by molar-refractivity contribution is -0.130. The zero-order valence-corrected chi connectivity index (χ0v) is 12.9. The van der Waals surface area contributed by atoms with Crippen LogP contribution in [0.3, 0.4) is 0 Å². The van der Waals surface area contributed by atoms with E-state index in [4.69, 9.17) is 16.2 Å². The Labute approximate surface area is 124 Å². The number of rotatable bonds is 5. The van der Waals surface area contributed by atoms with Gasteiger partial charge in [-0.25, -0.2) is 4.79 Å². The molecule has 0 spiro atoms. The van der Waals surface area contributed by atoms with Crippen LogP contribution in [0.25, 0.3) is 0 Å². The molecule has 1 rings (SSSR count). The quantitative estimate of drug-likeness (QED) is 0.565. The zero-order valence-electron chi connectivity index (χ0n) is 12.9. The van der Waals surface area contributed by atoms with Crippen molar-refractivity contribution in [2.45, 2.75) is 45.8 Å². The Kier molecular flexibility index (Phi) is 5.18. The van der Waals surface area contributed by atoms with Crippen molar-refractivity contribution in [3.63, 3.8) is 0 Å². The number of ether oxygens (including phenoxy) is 1. The molecule has 0 heterocycles. The number of esters is 1. The molecule has 1 aromatic carbocycles. The number of carbonyl (C=O) groups excluding carboxylic acids is 2. The number of nitrogen functional groups attached to an aromatic ring is 2. The number of hydrogen-bond donors (Lipinski definition) is 3. The van der Waals surface area contributed by atoms with Gasteiger partial charge in [0.1, 0.15) is 0 Å². The van der Waals surface area contributed by atoms with E-state index >= 15 is 0 Å². The van der Waals surface area contributed by atoms with Crippen LogP contribution in [0.2, 0.25) is 0 Å². The highest BCUT2D eigenvalue weighted by Gasteiger charge is 2.25. The van der Waals surface area contributed by atoms with Crippen molar-refractivity contribution < 1.29 is 14.3 Å². The molecule has 0 saturated carbocycles. The molecule has 0 fully saturated rings. The highest BCUT2D eigenvalue weighted by molar-refractivity contribution is 5.97. The lowest BCUT2D eigenvalue weighted by Gasteiger charge is -2.26. The molecule has 5 N–H and O–H groups in total. The summed E-state index contributed by atoms with van der Waals surface area (Å²) in [5.41, 5.74) is 11.8. The summed E-state index contributed by atoms with van der Waals surface area (Å²) in [7, 11) is 0. The monoisotopic (exact) mass is 293 g/mol. The van der Waals surface area contributed by atoms with E-state index in [1.165, 1.54) is 19.1 Å². The van der Waals surface area contributed by atoms with Gasteiger partial charge in [-0.1, -0.05) is 6.92 Å². The Hall–Kier alpha value is -2.24. The molecule has 6 nitrogen and oxygen atoms in total. The van der Waals surface area contributed by atoms with Gasteiger partial charge in [0.2, 0.25) is 0 Å². The van der Waals surface area contributed by atoms with Crippen LogP contribution in [0.15, 0.2) is 18.2 Å². The fraction of sp³-hybridized carbons (Fsp3) is 0.467. The molecule has 116 valence electrons. The van der Waals surface area contributed by atoms with Crippen molar-refractivity contribution in [3.8, 4) is 0 Å². The average Bonchev–Trinajstić information content (AvgIpc) is 2.37. The van der Waals surface area contributed by atoms with Crippen LogP contribution >= 0.6 is 0 Å². The van der Waals surface area contributed by atoms with Gasteiger partial charge in [0.25, 0.3) is 5.91 Å². The van der Waals surface area contributed by atoms with Gasteiger partial charge in [-0.15, -0.1) is 0 Å². The molecule has 1 unspecified atom stereocenters. The zero-order chi connectivity index (χ0) is 16.2. The largest absolute Gasteiger partial charge is 0.449 e. The van der Waals surface area contributed by atoms with Gasteiger partial charge < -0.3 is 21.5 Å². The second-order valence-electron chi connectivity index (χ2n) is 5.62. The molecule has 1 amide bonds. The van der Waals surface area contributed by atoms with Crippen LogP contribution < -0.4 is 16.8 Å². The summed E-state index contributed by atoms with van der Waals surface area (Å²) < 4.78 is 5.14. The third-order valence-corrected chi connectivity index (χ3v) is 3.29. The summed E-state index contributed by atoms with van der Waals surface area (Å²) in [6.45, 7) is 7.29. The van der Waals surface area contributed by atoms with Crippen molar-refractivity contribution in [2.24, 2.45) is 0 Å². The number of hydrogen-bond acceptors (Lipinski definition) is 5. The number of carbonyl (C=O) groups is 2. The third kappa shape index (κ3) is 4.66. The van der Waals surface area contributed by atoms with Crippen LogP contribution in [0, 0.1) is 0 Å². The molecule has 6 heteroatoms. The van der Waals surface area contributed by atoms with Crippen LogP contribution in [0.5, 0.6) is 0 Å². The smallest absolute Gasteiger partial charge is 0.341 e. The molecule has 0 aromatic heterocycles. The number of anilines is 2. The molecule has 0 aliphatic rings. The van der Waals surface area contributed by atoms with Crippen molar-refractivity contribution in [3.05, 3.63) is 23.8 Å². The molecule has 1 aromatic rings. The first-order valence-corrected chi connectivity index (χ1v) is 6.84. The predicted molar refractivity (Wildman–Crippen MR) is 82.7 cm³/mol. The van der Waals surface area contributed by atoms with Crippen molar-refractivity contribution in [1.29, 1.82) is 0 Å². The molecule has 21 heavy (non-hydrogen) atoms. The number of benzene rings is 1. The van der Waals surface area contributed by atoms with E-state index < -0.39 is 12.1 Å². The van der Waals surface area contributed by atoms with Crippen LogP contribution in [-0.4, -0.2) is 23.5 Å². The molecule has 0 saturated heterocycles. The third-order valence-electron chi connectivity index (χ3n) is 3.29. The van der Waals surface area contributed by atoms with Gasteiger partial charge in [-0.3, -0.25) is 4.79 Å². The second-order valence-corrected chi connectivity index (χ2v) is 5.62. The number of amides is 1. The molecule has 0 aliphatic heterocycles. The minimum absolute atomic E-state index is 0.193. The fourth-order valence-electron chi connectivity index (χ4n) is 1.57. The summed E-state index contributed by atoms with van der Waals surface area (Å²) in [5.74, 6) is -0.992. The first-order chi connectivity index (χ1) is 9.66. The summed E-state index contributed by atoms with van der Waals surface area (Å²) in [6.07, 6.45) is -0.134. The summed E-state index contributed by atoms with van der Waals surface area (Å²) >= 11 is 0.